The van der Waals surface area contributed by atoms with E-state index in [2.05, 4.69) is 15.2 Å². The fraction of sp³-hybridized carbons (Fsp3) is 0.188. The third kappa shape index (κ3) is 1.77. The number of rotatable bonds is 3. The topological polar surface area (TPSA) is 66.0 Å². The Labute approximate surface area is 126 Å². The molecular weight excluding hydrogens is 280 g/mol. The zero-order chi connectivity index (χ0) is 15.1. The highest BCUT2D eigenvalue weighted by molar-refractivity contribution is 6.05. The van der Waals surface area contributed by atoms with E-state index in [4.69, 9.17) is 9.26 Å². The van der Waals surface area contributed by atoms with Crippen molar-refractivity contribution < 1.29 is 9.26 Å². The number of ether oxygens (including phenoxy) is 1. The van der Waals surface area contributed by atoms with Crippen LogP contribution in [0, 0.1) is 0 Å². The number of aromatic nitrogens is 4. The Hall–Kier alpha value is -2.89. The maximum absolute atomic E-state index is 5.57. The van der Waals surface area contributed by atoms with Crippen molar-refractivity contribution in [1.29, 1.82) is 0 Å². The zero-order valence-corrected chi connectivity index (χ0v) is 12.3. The zero-order valence-electron chi connectivity index (χ0n) is 12.3. The summed E-state index contributed by atoms with van der Waals surface area (Å²) in [4.78, 5) is 4.51. The highest BCUT2D eigenvalue weighted by Gasteiger charge is 2.16. The molecule has 0 unspecified atom stereocenters. The van der Waals surface area contributed by atoms with Gasteiger partial charge in [-0.15, -0.1) is 0 Å². The minimum atomic E-state index is 0.688. The highest BCUT2D eigenvalue weighted by atomic mass is 16.5. The van der Waals surface area contributed by atoms with E-state index in [1.54, 1.807) is 19.5 Å². The largest absolute Gasteiger partial charge is 0.497 e. The van der Waals surface area contributed by atoms with E-state index in [1.807, 2.05) is 35.9 Å². The van der Waals surface area contributed by atoms with E-state index in [0.29, 0.717) is 5.76 Å². The normalized spacial score (nSPS) is 11.4. The van der Waals surface area contributed by atoms with Crippen molar-refractivity contribution in [3.8, 4) is 17.1 Å². The Balaban J connectivity index is 1.96. The standard InChI is InChI=1S/C16H14N4O2/c1-3-20-16-13(9-18-20)14-12(8-17-16)15(22-19-14)10-5-4-6-11(7-10)21-2/h4-9H,3H2,1-2H3. The lowest BCUT2D eigenvalue weighted by molar-refractivity contribution is 0.414. The molecule has 0 amide bonds. The lowest BCUT2D eigenvalue weighted by atomic mass is 10.1. The number of pyridine rings is 1. The van der Waals surface area contributed by atoms with Gasteiger partial charge in [0.2, 0.25) is 0 Å². The van der Waals surface area contributed by atoms with Crippen molar-refractivity contribution in [1.82, 2.24) is 19.9 Å². The van der Waals surface area contributed by atoms with Crippen LogP contribution in [0.3, 0.4) is 0 Å². The van der Waals surface area contributed by atoms with Crippen LogP contribution in [-0.4, -0.2) is 27.0 Å². The van der Waals surface area contributed by atoms with Crippen molar-refractivity contribution in [2.24, 2.45) is 0 Å². The number of aryl methyl sites for hydroxylation is 1. The summed E-state index contributed by atoms with van der Waals surface area (Å²) >= 11 is 0. The maximum atomic E-state index is 5.57. The number of methoxy groups -OCH3 is 1. The van der Waals surface area contributed by atoms with Gasteiger partial charge in [0.1, 0.15) is 11.3 Å². The van der Waals surface area contributed by atoms with E-state index in [9.17, 15) is 0 Å². The predicted molar refractivity (Wildman–Crippen MR) is 82.8 cm³/mol. The number of hydrogen-bond donors (Lipinski definition) is 0. The van der Waals surface area contributed by atoms with Crippen molar-refractivity contribution >= 4 is 21.9 Å². The molecule has 0 spiro atoms. The van der Waals surface area contributed by atoms with Gasteiger partial charge in [0.05, 0.1) is 24.1 Å². The summed E-state index contributed by atoms with van der Waals surface area (Å²) < 4.78 is 12.7. The van der Waals surface area contributed by atoms with Gasteiger partial charge in [0.25, 0.3) is 0 Å². The number of benzene rings is 1. The lowest BCUT2D eigenvalue weighted by Gasteiger charge is -2.01. The first-order chi connectivity index (χ1) is 10.8. The number of hydrogen-bond acceptors (Lipinski definition) is 5. The summed E-state index contributed by atoms with van der Waals surface area (Å²) in [5.41, 5.74) is 2.51. The van der Waals surface area contributed by atoms with Gasteiger partial charge in [0.15, 0.2) is 11.4 Å². The predicted octanol–water partition coefficient (Wildman–Crippen LogP) is 3.27. The molecule has 6 heteroatoms. The maximum Gasteiger partial charge on any atom is 0.176 e. The lowest BCUT2D eigenvalue weighted by Crippen LogP contribution is -1.96. The summed E-state index contributed by atoms with van der Waals surface area (Å²) in [7, 11) is 1.64. The van der Waals surface area contributed by atoms with Crippen LogP contribution in [0.5, 0.6) is 5.75 Å². The van der Waals surface area contributed by atoms with E-state index in [0.717, 1.165) is 39.8 Å². The molecule has 0 saturated heterocycles. The minimum Gasteiger partial charge on any atom is -0.497 e. The molecule has 4 aromatic rings. The average molecular weight is 294 g/mol. The molecule has 22 heavy (non-hydrogen) atoms. The van der Waals surface area contributed by atoms with Gasteiger partial charge < -0.3 is 9.26 Å². The van der Waals surface area contributed by atoms with Crippen LogP contribution in [0.2, 0.25) is 0 Å². The molecule has 0 radical (unpaired) electrons. The molecule has 6 nitrogen and oxygen atoms in total. The Kier molecular flexibility index (Phi) is 2.82. The van der Waals surface area contributed by atoms with Crippen molar-refractivity contribution in [2.45, 2.75) is 13.5 Å². The molecule has 0 aliphatic rings. The van der Waals surface area contributed by atoms with E-state index in [1.165, 1.54) is 0 Å². The van der Waals surface area contributed by atoms with Gasteiger partial charge in [-0.2, -0.15) is 5.10 Å². The van der Waals surface area contributed by atoms with E-state index in [-0.39, 0.29) is 0 Å². The van der Waals surface area contributed by atoms with Crippen LogP contribution >= 0.6 is 0 Å². The average Bonchev–Trinajstić information content (AvgIpc) is 3.18. The third-order valence-electron chi connectivity index (χ3n) is 3.74. The molecule has 0 atom stereocenters. The van der Waals surface area contributed by atoms with Crippen molar-refractivity contribution in [2.75, 3.05) is 7.11 Å². The first-order valence-corrected chi connectivity index (χ1v) is 7.06. The second-order valence-corrected chi connectivity index (χ2v) is 4.96. The van der Waals surface area contributed by atoms with Gasteiger partial charge in [0, 0.05) is 18.3 Å². The molecular formula is C16H14N4O2. The smallest absolute Gasteiger partial charge is 0.176 e. The highest BCUT2D eigenvalue weighted by Crippen LogP contribution is 2.33. The molecule has 1 aromatic carbocycles. The summed E-state index contributed by atoms with van der Waals surface area (Å²) in [6.45, 7) is 2.80. The number of fused-ring (bicyclic) bond motifs is 3. The number of nitrogens with zero attached hydrogens (tertiary/aromatic N) is 4. The quantitative estimate of drug-likeness (QED) is 0.580. The first kappa shape index (κ1) is 12.8. The van der Waals surface area contributed by atoms with Crippen LogP contribution in [-0.2, 0) is 6.54 Å². The summed E-state index contributed by atoms with van der Waals surface area (Å²) in [5.74, 6) is 1.46. The fourth-order valence-corrected chi connectivity index (χ4v) is 2.62. The monoisotopic (exact) mass is 294 g/mol. The molecule has 0 N–H and O–H groups in total. The summed E-state index contributed by atoms with van der Waals surface area (Å²) in [6, 6.07) is 7.69. The molecule has 4 rings (SSSR count). The Morgan fingerprint density at radius 1 is 1.23 bits per heavy atom. The molecule has 0 aliphatic carbocycles. The second kappa shape index (κ2) is 4.84. The van der Waals surface area contributed by atoms with Gasteiger partial charge >= 0.3 is 0 Å². The fourth-order valence-electron chi connectivity index (χ4n) is 2.62. The first-order valence-electron chi connectivity index (χ1n) is 7.06. The van der Waals surface area contributed by atoms with Crippen LogP contribution < -0.4 is 4.74 Å². The Bertz CT molecular complexity index is 971. The third-order valence-corrected chi connectivity index (χ3v) is 3.74. The Morgan fingerprint density at radius 3 is 2.95 bits per heavy atom. The van der Waals surface area contributed by atoms with Crippen molar-refractivity contribution in [3.63, 3.8) is 0 Å². The van der Waals surface area contributed by atoms with Crippen LogP contribution in [0.25, 0.3) is 33.3 Å². The molecule has 110 valence electrons. The van der Waals surface area contributed by atoms with Crippen LogP contribution in [0.4, 0.5) is 0 Å². The summed E-state index contributed by atoms with van der Waals surface area (Å²) in [6.07, 6.45) is 3.57. The molecule has 0 fully saturated rings. The molecule has 0 aliphatic heterocycles. The van der Waals surface area contributed by atoms with Crippen molar-refractivity contribution in [3.05, 3.63) is 36.7 Å². The van der Waals surface area contributed by atoms with Crippen LogP contribution in [0.1, 0.15) is 6.92 Å². The van der Waals surface area contributed by atoms with Crippen LogP contribution in [0.15, 0.2) is 41.2 Å². The van der Waals surface area contributed by atoms with E-state index >= 15 is 0 Å². The molecule has 0 saturated carbocycles. The van der Waals surface area contributed by atoms with Gasteiger partial charge in [-0.05, 0) is 19.1 Å². The molecule has 3 aromatic heterocycles. The summed E-state index contributed by atoms with van der Waals surface area (Å²) in [5, 5.41) is 10.3. The van der Waals surface area contributed by atoms with E-state index < -0.39 is 0 Å². The molecule has 0 bridgehead atoms. The van der Waals surface area contributed by atoms with Gasteiger partial charge in [-0.3, -0.25) is 0 Å². The minimum absolute atomic E-state index is 0.688. The van der Waals surface area contributed by atoms with Gasteiger partial charge in [-0.1, -0.05) is 17.3 Å². The Morgan fingerprint density at radius 2 is 2.14 bits per heavy atom. The SMILES string of the molecule is CCn1ncc2c3noc(-c4cccc(OC)c4)c3cnc21. The molecule has 3 heterocycles. The second-order valence-electron chi connectivity index (χ2n) is 4.96. The van der Waals surface area contributed by atoms with Gasteiger partial charge in [-0.25, -0.2) is 9.67 Å².